The predicted octanol–water partition coefficient (Wildman–Crippen LogP) is 4.69. The number of esters is 1. The molecule has 0 aliphatic heterocycles. The molecule has 0 fully saturated rings. The van der Waals surface area contributed by atoms with Crippen molar-refractivity contribution in [3.8, 4) is 0 Å². The Bertz CT molecular complexity index is 415. The molecular weight excluding hydrogens is 372 g/mol. The molecule has 1 rings (SSSR count). The molecule has 106 valence electrons. The van der Waals surface area contributed by atoms with Crippen molar-refractivity contribution in [2.45, 2.75) is 32.1 Å². The first-order valence-electron chi connectivity index (χ1n) is 6.39. The second-order valence-corrected chi connectivity index (χ2v) is 6.63. The second kappa shape index (κ2) is 7.44. The monoisotopic (exact) mass is 390 g/mol. The number of methoxy groups -OCH3 is 1. The van der Waals surface area contributed by atoms with Gasteiger partial charge in [-0.3, -0.25) is 4.79 Å². The van der Waals surface area contributed by atoms with Gasteiger partial charge in [0.1, 0.15) is 0 Å². The smallest absolute Gasteiger partial charge is 0.316 e. The predicted molar refractivity (Wildman–Crippen MR) is 85.7 cm³/mol. The number of alkyl halides is 1. The highest BCUT2D eigenvalue weighted by Crippen LogP contribution is 2.39. The molecule has 0 N–H and O–H groups in total. The summed E-state index contributed by atoms with van der Waals surface area (Å²) in [4.78, 5) is 12.4. The van der Waals surface area contributed by atoms with Crippen molar-refractivity contribution in [1.82, 2.24) is 0 Å². The van der Waals surface area contributed by atoms with Gasteiger partial charge in [0.2, 0.25) is 0 Å². The molecule has 1 aromatic rings. The molecule has 0 radical (unpaired) electrons. The Balaban J connectivity index is 3.29. The number of hydrogen-bond donors (Lipinski definition) is 0. The van der Waals surface area contributed by atoms with Crippen molar-refractivity contribution in [2.24, 2.45) is 5.92 Å². The van der Waals surface area contributed by atoms with Crippen molar-refractivity contribution in [2.75, 3.05) is 12.4 Å². The van der Waals surface area contributed by atoms with Crippen LogP contribution in [0.15, 0.2) is 28.7 Å². The Labute approximate surface area is 132 Å². The van der Waals surface area contributed by atoms with Crippen LogP contribution in [-0.2, 0) is 14.9 Å². The standard InChI is InChI=1S/C15H20Br2O2/c1-11(2)15(9-4-10-16,14(18)19-3)12-5-7-13(17)8-6-12/h5-8,11H,4,9-10H2,1-3H3. The summed E-state index contributed by atoms with van der Waals surface area (Å²) < 4.78 is 6.11. The van der Waals surface area contributed by atoms with Gasteiger partial charge >= 0.3 is 5.97 Å². The number of rotatable bonds is 6. The third-order valence-corrected chi connectivity index (χ3v) is 4.69. The fourth-order valence-electron chi connectivity index (χ4n) is 2.50. The third kappa shape index (κ3) is 3.60. The molecule has 0 bridgehead atoms. The van der Waals surface area contributed by atoms with E-state index in [1.165, 1.54) is 7.11 Å². The van der Waals surface area contributed by atoms with E-state index in [9.17, 15) is 4.79 Å². The summed E-state index contributed by atoms with van der Waals surface area (Å²) in [6.45, 7) is 4.15. The van der Waals surface area contributed by atoms with Gasteiger partial charge in [-0.05, 0) is 36.5 Å². The molecule has 0 spiro atoms. The van der Waals surface area contributed by atoms with E-state index in [1.54, 1.807) is 0 Å². The molecule has 0 saturated carbocycles. The molecule has 1 aromatic carbocycles. The molecule has 1 unspecified atom stereocenters. The van der Waals surface area contributed by atoms with Gasteiger partial charge < -0.3 is 4.74 Å². The van der Waals surface area contributed by atoms with Gasteiger partial charge in [0, 0.05) is 9.80 Å². The number of halogens is 2. The SMILES string of the molecule is COC(=O)C(CCCBr)(c1ccc(Br)cc1)C(C)C. The fraction of sp³-hybridized carbons (Fsp3) is 0.533. The molecular formula is C15H20Br2O2. The fourth-order valence-corrected chi connectivity index (χ4v) is 3.04. The quantitative estimate of drug-likeness (QED) is 0.519. The van der Waals surface area contributed by atoms with Crippen LogP contribution in [0.3, 0.4) is 0 Å². The Kier molecular flexibility index (Phi) is 6.54. The van der Waals surface area contributed by atoms with E-state index >= 15 is 0 Å². The average Bonchev–Trinajstić information content (AvgIpc) is 2.40. The summed E-state index contributed by atoms with van der Waals surface area (Å²) >= 11 is 6.88. The molecule has 0 amide bonds. The minimum Gasteiger partial charge on any atom is -0.468 e. The van der Waals surface area contributed by atoms with Gasteiger partial charge in [0.05, 0.1) is 12.5 Å². The molecule has 0 heterocycles. The van der Waals surface area contributed by atoms with Crippen LogP contribution in [0.2, 0.25) is 0 Å². The van der Waals surface area contributed by atoms with E-state index in [-0.39, 0.29) is 11.9 Å². The van der Waals surface area contributed by atoms with E-state index < -0.39 is 5.41 Å². The maximum Gasteiger partial charge on any atom is 0.316 e. The highest BCUT2D eigenvalue weighted by atomic mass is 79.9. The highest BCUT2D eigenvalue weighted by molar-refractivity contribution is 9.10. The highest BCUT2D eigenvalue weighted by Gasteiger charge is 2.43. The molecule has 0 aromatic heterocycles. The minimum absolute atomic E-state index is 0.147. The molecule has 0 aliphatic rings. The van der Waals surface area contributed by atoms with Gasteiger partial charge in [-0.2, -0.15) is 0 Å². The first kappa shape index (κ1) is 16.7. The summed E-state index contributed by atoms with van der Waals surface area (Å²) in [5, 5.41) is 0.884. The van der Waals surface area contributed by atoms with Crippen LogP contribution in [-0.4, -0.2) is 18.4 Å². The first-order chi connectivity index (χ1) is 8.98. The molecule has 2 nitrogen and oxygen atoms in total. The molecule has 0 saturated heterocycles. The number of benzene rings is 1. The lowest BCUT2D eigenvalue weighted by molar-refractivity contribution is -0.150. The van der Waals surface area contributed by atoms with Gasteiger partial charge in [-0.15, -0.1) is 0 Å². The number of hydrogen-bond acceptors (Lipinski definition) is 2. The molecule has 0 aliphatic carbocycles. The molecule has 1 atom stereocenters. The van der Waals surface area contributed by atoms with Crippen LogP contribution in [0.1, 0.15) is 32.3 Å². The zero-order chi connectivity index (χ0) is 14.5. The van der Waals surface area contributed by atoms with Gasteiger partial charge in [0.25, 0.3) is 0 Å². The summed E-state index contributed by atoms with van der Waals surface area (Å²) in [5.41, 5.74) is 0.460. The summed E-state index contributed by atoms with van der Waals surface area (Å²) in [6.07, 6.45) is 1.72. The van der Waals surface area contributed by atoms with Crippen LogP contribution >= 0.6 is 31.9 Å². The lowest BCUT2D eigenvalue weighted by atomic mass is 9.69. The summed E-state index contributed by atoms with van der Waals surface area (Å²) in [6, 6.07) is 7.97. The second-order valence-electron chi connectivity index (χ2n) is 4.92. The first-order valence-corrected chi connectivity index (χ1v) is 8.31. The Morgan fingerprint density at radius 1 is 1.32 bits per heavy atom. The van der Waals surface area contributed by atoms with Crippen LogP contribution in [0.25, 0.3) is 0 Å². The van der Waals surface area contributed by atoms with E-state index in [0.717, 1.165) is 28.2 Å². The minimum atomic E-state index is -0.566. The van der Waals surface area contributed by atoms with Gasteiger partial charge in [-0.1, -0.05) is 57.8 Å². The van der Waals surface area contributed by atoms with E-state index in [4.69, 9.17) is 4.74 Å². The van der Waals surface area contributed by atoms with Gasteiger partial charge in [0.15, 0.2) is 0 Å². The van der Waals surface area contributed by atoms with E-state index in [0.29, 0.717) is 0 Å². The van der Waals surface area contributed by atoms with Gasteiger partial charge in [-0.25, -0.2) is 0 Å². The van der Waals surface area contributed by atoms with Crippen LogP contribution in [0.5, 0.6) is 0 Å². The largest absolute Gasteiger partial charge is 0.468 e. The van der Waals surface area contributed by atoms with Crippen molar-refractivity contribution in [1.29, 1.82) is 0 Å². The van der Waals surface area contributed by atoms with Crippen molar-refractivity contribution in [3.63, 3.8) is 0 Å². The van der Waals surface area contributed by atoms with E-state index in [2.05, 4.69) is 45.7 Å². The topological polar surface area (TPSA) is 26.3 Å². The maximum absolute atomic E-state index is 12.4. The zero-order valence-corrected chi connectivity index (χ0v) is 14.8. The lowest BCUT2D eigenvalue weighted by Crippen LogP contribution is -2.42. The number of carbonyl (C=O) groups excluding carboxylic acids is 1. The Hall–Kier alpha value is -0.350. The van der Waals surface area contributed by atoms with Crippen LogP contribution in [0.4, 0.5) is 0 Å². The third-order valence-electron chi connectivity index (χ3n) is 3.60. The average molecular weight is 392 g/mol. The maximum atomic E-state index is 12.4. The van der Waals surface area contributed by atoms with E-state index in [1.807, 2.05) is 24.3 Å². The summed E-state index contributed by atoms with van der Waals surface area (Å²) in [7, 11) is 1.46. The lowest BCUT2D eigenvalue weighted by Gasteiger charge is -2.35. The normalized spacial score (nSPS) is 14.2. The van der Waals surface area contributed by atoms with Crippen molar-refractivity contribution >= 4 is 37.8 Å². The number of ether oxygens (including phenoxy) is 1. The Morgan fingerprint density at radius 3 is 2.32 bits per heavy atom. The molecule has 4 heteroatoms. The van der Waals surface area contributed by atoms with Crippen molar-refractivity contribution < 1.29 is 9.53 Å². The van der Waals surface area contributed by atoms with Crippen LogP contribution < -0.4 is 0 Å². The van der Waals surface area contributed by atoms with Crippen LogP contribution in [0, 0.1) is 5.92 Å². The molecule has 19 heavy (non-hydrogen) atoms. The summed E-state index contributed by atoms with van der Waals surface area (Å²) in [5.74, 6) is 0.0333. The van der Waals surface area contributed by atoms with Crippen molar-refractivity contribution in [3.05, 3.63) is 34.3 Å². The zero-order valence-electron chi connectivity index (χ0n) is 11.6. The Morgan fingerprint density at radius 2 is 1.89 bits per heavy atom. The number of carbonyl (C=O) groups is 1.